The fourth-order valence-electron chi connectivity index (χ4n) is 2.56. The van der Waals surface area contributed by atoms with E-state index in [0.29, 0.717) is 6.07 Å². The molecule has 0 saturated heterocycles. The quantitative estimate of drug-likeness (QED) is 0.738. The summed E-state index contributed by atoms with van der Waals surface area (Å²) >= 11 is 0. The largest absolute Gasteiger partial charge is 0.337 e. The summed E-state index contributed by atoms with van der Waals surface area (Å²) in [5.74, 6) is -2.26. The molecule has 3 aromatic rings. The van der Waals surface area contributed by atoms with Gasteiger partial charge in [0.05, 0.1) is 16.4 Å². The summed E-state index contributed by atoms with van der Waals surface area (Å²) in [5, 5.41) is 0.113. The van der Waals surface area contributed by atoms with Crippen molar-refractivity contribution in [3.05, 3.63) is 58.0 Å². The van der Waals surface area contributed by atoms with Gasteiger partial charge >= 0.3 is 0 Å². The molecular formula is C15H11F3N2O. The summed E-state index contributed by atoms with van der Waals surface area (Å²) in [6.07, 6.45) is 0. The van der Waals surface area contributed by atoms with Crippen molar-refractivity contribution in [2.24, 2.45) is 5.73 Å². The summed E-state index contributed by atoms with van der Waals surface area (Å²) in [5.41, 5.74) is 5.15. The molecule has 2 aromatic carbocycles. The Labute approximate surface area is 117 Å². The van der Waals surface area contributed by atoms with Crippen LogP contribution in [0.3, 0.4) is 0 Å². The first-order valence-electron chi connectivity index (χ1n) is 6.34. The summed E-state index contributed by atoms with van der Waals surface area (Å²) in [6, 6.07) is 5.27. The van der Waals surface area contributed by atoms with E-state index in [-0.39, 0.29) is 34.9 Å². The Kier molecular flexibility index (Phi) is 3.17. The Morgan fingerprint density at radius 1 is 1.00 bits per heavy atom. The average Bonchev–Trinajstić information content (AvgIpc) is 2.43. The number of benzene rings is 2. The SMILES string of the molecule is NCCn1c2cc(F)ccc2c(=O)c2cc(F)cc(F)c21. The maximum Gasteiger partial charge on any atom is 0.197 e. The van der Waals surface area contributed by atoms with Crippen LogP contribution >= 0.6 is 0 Å². The van der Waals surface area contributed by atoms with Crippen LogP contribution in [0.25, 0.3) is 21.8 Å². The van der Waals surface area contributed by atoms with Gasteiger partial charge in [0.1, 0.15) is 11.6 Å². The molecule has 1 heterocycles. The monoisotopic (exact) mass is 292 g/mol. The van der Waals surface area contributed by atoms with Crippen LogP contribution in [0.1, 0.15) is 0 Å². The Morgan fingerprint density at radius 3 is 2.48 bits per heavy atom. The number of halogens is 3. The second kappa shape index (κ2) is 4.89. The smallest absolute Gasteiger partial charge is 0.197 e. The predicted molar refractivity (Wildman–Crippen MR) is 74.6 cm³/mol. The van der Waals surface area contributed by atoms with Crippen molar-refractivity contribution in [2.45, 2.75) is 6.54 Å². The second-order valence-corrected chi connectivity index (χ2v) is 4.71. The molecule has 0 spiro atoms. The Hall–Kier alpha value is -2.34. The normalized spacial score (nSPS) is 11.4. The van der Waals surface area contributed by atoms with Gasteiger partial charge in [-0.15, -0.1) is 0 Å². The van der Waals surface area contributed by atoms with Gasteiger partial charge in [0.2, 0.25) is 0 Å². The fourth-order valence-corrected chi connectivity index (χ4v) is 2.56. The number of nitrogens with two attached hydrogens (primary N) is 1. The standard InChI is InChI=1S/C15H11F3N2O/c16-8-1-2-10-13(7-8)20(4-3-19)14-11(15(10)21)5-9(17)6-12(14)18/h1-2,5-7H,3-4,19H2. The first kappa shape index (κ1) is 13.6. The van der Waals surface area contributed by atoms with Crippen molar-refractivity contribution in [2.75, 3.05) is 6.54 Å². The van der Waals surface area contributed by atoms with Crippen molar-refractivity contribution < 1.29 is 13.2 Å². The summed E-state index contributed by atoms with van der Waals surface area (Å²) < 4.78 is 42.4. The van der Waals surface area contributed by atoms with Gasteiger partial charge in [0, 0.05) is 24.5 Å². The minimum absolute atomic E-state index is 0.0649. The maximum absolute atomic E-state index is 14.1. The molecule has 2 N–H and O–H groups in total. The van der Waals surface area contributed by atoms with E-state index in [2.05, 4.69) is 0 Å². The fraction of sp³-hybridized carbons (Fsp3) is 0.133. The van der Waals surface area contributed by atoms with E-state index in [1.165, 1.54) is 10.6 Å². The zero-order valence-electron chi connectivity index (χ0n) is 10.9. The van der Waals surface area contributed by atoms with Crippen LogP contribution < -0.4 is 11.2 Å². The Balaban J connectivity index is 2.63. The topological polar surface area (TPSA) is 48.0 Å². The summed E-state index contributed by atoms with van der Waals surface area (Å²) in [7, 11) is 0. The second-order valence-electron chi connectivity index (χ2n) is 4.71. The maximum atomic E-state index is 14.1. The number of pyridine rings is 1. The molecule has 6 heteroatoms. The van der Waals surface area contributed by atoms with Gasteiger partial charge < -0.3 is 10.3 Å². The van der Waals surface area contributed by atoms with Gasteiger partial charge in [0.25, 0.3) is 0 Å². The van der Waals surface area contributed by atoms with E-state index in [0.717, 1.165) is 18.2 Å². The van der Waals surface area contributed by atoms with Crippen LogP contribution in [-0.2, 0) is 6.54 Å². The van der Waals surface area contributed by atoms with Crippen LogP contribution in [0, 0.1) is 17.5 Å². The van der Waals surface area contributed by atoms with E-state index >= 15 is 0 Å². The summed E-state index contributed by atoms with van der Waals surface area (Å²) in [4.78, 5) is 12.4. The average molecular weight is 292 g/mol. The van der Waals surface area contributed by atoms with Gasteiger partial charge in [-0.05, 0) is 24.3 Å². The number of nitrogens with zero attached hydrogens (tertiary/aromatic N) is 1. The lowest BCUT2D eigenvalue weighted by Gasteiger charge is -2.15. The van der Waals surface area contributed by atoms with Crippen LogP contribution in [0.2, 0.25) is 0 Å². The van der Waals surface area contributed by atoms with Gasteiger partial charge in [-0.1, -0.05) is 0 Å². The minimum Gasteiger partial charge on any atom is -0.337 e. The van der Waals surface area contributed by atoms with Crippen LogP contribution in [0.4, 0.5) is 13.2 Å². The van der Waals surface area contributed by atoms with Crippen LogP contribution in [0.15, 0.2) is 35.1 Å². The molecule has 0 aliphatic carbocycles. The third-order valence-electron chi connectivity index (χ3n) is 3.39. The molecule has 3 rings (SSSR count). The number of aromatic nitrogens is 1. The molecule has 0 bridgehead atoms. The molecule has 21 heavy (non-hydrogen) atoms. The third-order valence-corrected chi connectivity index (χ3v) is 3.39. The van der Waals surface area contributed by atoms with E-state index in [1.54, 1.807) is 0 Å². The van der Waals surface area contributed by atoms with Crippen molar-refractivity contribution >= 4 is 21.8 Å². The van der Waals surface area contributed by atoms with E-state index < -0.39 is 22.9 Å². The number of rotatable bonds is 2. The molecule has 1 aromatic heterocycles. The molecule has 108 valence electrons. The molecule has 0 saturated carbocycles. The van der Waals surface area contributed by atoms with E-state index in [9.17, 15) is 18.0 Å². The predicted octanol–water partition coefficient (Wildman–Crippen LogP) is 2.53. The van der Waals surface area contributed by atoms with Crippen molar-refractivity contribution in [3.8, 4) is 0 Å². The molecule has 0 unspecified atom stereocenters. The zero-order valence-corrected chi connectivity index (χ0v) is 10.9. The molecule has 0 atom stereocenters. The highest BCUT2D eigenvalue weighted by Crippen LogP contribution is 2.23. The molecule has 0 aliphatic heterocycles. The molecule has 0 fully saturated rings. The molecule has 0 aliphatic rings. The summed E-state index contributed by atoms with van der Waals surface area (Å²) in [6.45, 7) is 0.347. The number of hydrogen-bond acceptors (Lipinski definition) is 2. The van der Waals surface area contributed by atoms with Crippen molar-refractivity contribution in [1.82, 2.24) is 4.57 Å². The highest BCUT2D eigenvalue weighted by atomic mass is 19.1. The minimum atomic E-state index is -0.873. The van der Waals surface area contributed by atoms with E-state index in [4.69, 9.17) is 5.73 Å². The van der Waals surface area contributed by atoms with Gasteiger partial charge in [0.15, 0.2) is 11.2 Å². The molecule has 0 radical (unpaired) electrons. The Morgan fingerprint density at radius 2 is 1.76 bits per heavy atom. The molecule has 3 nitrogen and oxygen atoms in total. The number of fused-ring (bicyclic) bond motifs is 2. The lowest BCUT2D eigenvalue weighted by Crippen LogP contribution is -2.17. The number of hydrogen-bond donors (Lipinski definition) is 1. The first-order chi connectivity index (χ1) is 10.0. The van der Waals surface area contributed by atoms with Gasteiger partial charge in [-0.25, -0.2) is 13.2 Å². The van der Waals surface area contributed by atoms with Crippen molar-refractivity contribution in [1.29, 1.82) is 0 Å². The highest BCUT2D eigenvalue weighted by molar-refractivity contribution is 5.93. The zero-order chi connectivity index (χ0) is 15.1. The Bertz CT molecular complexity index is 918. The highest BCUT2D eigenvalue weighted by Gasteiger charge is 2.15. The van der Waals surface area contributed by atoms with Crippen LogP contribution in [0.5, 0.6) is 0 Å². The van der Waals surface area contributed by atoms with Gasteiger partial charge in [-0.2, -0.15) is 0 Å². The van der Waals surface area contributed by atoms with Crippen molar-refractivity contribution in [3.63, 3.8) is 0 Å². The molecular weight excluding hydrogens is 281 g/mol. The third kappa shape index (κ3) is 2.08. The van der Waals surface area contributed by atoms with E-state index in [1.807, 2.05) is 0 Å². The van der Waals surface area contributed by atoms with Gasteiger partial charge in [-0.3, -0.25) is 4.79 Å². The first-order valence-corrected chi connectivity index (χ1v) is 6.34. The lowest BCUT2D eigenvalue weighted by molar-refractivity contribution is 0.584. The molecule has 0 amide bonds. The lowest BCUT2D eigenvalue weighted by atomic mass is 10.1. The van der Waals surface area contributed by atoms with Crippen LogP contribution in [-0.4, -0.2) is 11.1 Å².